The molecule has 2 unspecified atom stereocenters. The smallest absolute Gasteiger partial charge is 0.321 e. The highest BCUT2D eigenvalue weighted by atomic mass is 35.5. The molecule has 1 amide bonds. The van der Waals surface area contributed by atoms with E-state index in [2.05, 4.69) is 16.1 Å². The third-order valence-electron chi connectivity index (χ3n) is 8.09. The summed E-state index contributed by atoms with van der Waals surface area (Å²) >= 11 is 12.6. The molecule has 11 heteroatoms. The number of carbonyl (C=O) groups excluding carboxylic acids is 1. The van der Waals surface area contributed by atoms with Crippen LogP contribution >= 0.6 is 23.2 Å². The second-order valence-corrected chi connectivity index (χ2v) is 13.7. The number of piperidine rings is 1. The molecule has 218 valence electrons. The third-order valence-corrected chi connectivity index (χ3v) is 10.5. The first-order valence-corrected chi connectivity index (χ1v) is 16.2. The minimum absolute atomic E-state index is 0.0133. The third kappa shape index (κ3) is 6.17. The van der Waals surface area contributed by atoms with E-state index in [1.807, 2.05) is 60.7 Å². The van der Waals surface area contributed by atoms with Gasteiger partial charge in [-0.05, 0) is 43.1 Å². The molecule has 0 aliphatic carbocycles. The lowest BCUT2D eigenvalue weighted by atomic mass is 9.75. The molecule has 41 heavy (non-hydrogen) atoms. The predicted octanol–water partition coefficient (Wildman–Crippen LogP) is 4.30. The number of sulfonamides is 1. The van der Waals surface area contributed by atoms with E-state index in [-0.39, 0.29) is 25.1 Å². The lowest BCUT2D eigenvalue weighted by molar-refractivity contribution is -0.127. The molecule has 0 bridgehead atoms. The summed E-state index contributed by atoms with van der Waals surface area (Å²) in [4.78, 5) is 14.0. The maximum absolute atomic E-state index is 14.0. The zero-order valence-electron chi connectivity index (χ0n) is 22.9. The molecule has 2 aliphatic rings. The fourth-order valence-corrected chi connectivity index (χ4v) is 7.56. The van der Waals surface area contributed by atoms with Crippen molar-refractivity contribution in [3.8, 4) is 0 Å². The van der Waals surface area contributed by atoms with Gasteiger partial charge in [-0.25, -0.2) is 0 Å². The van der Waals surface area contributed by atoms with Crippen molar-refractivity contribution in [1.29, 1.82) is 0 Å². The number of carbonyl (C=O) groups is 1. The molecule has 3 aromatic carbocycles. The number of para-hydroxylation sites is 1. The van der Waals surface area contributed by atoms with Gasteiger partial charge in [0.2, 0.25) is 0 Å². The van der Waals surface area contributed by atoms with E-state index in [1.165, 1.54) is 6.26 Å². The van der Waals surface area contributed by atoms with Crippen LogP contribution in [0.1, 0.15) is 29.5 Å². The largest absolute Gasteiger partial charge is 0.375 e. The van der Waals surface area contributed by atoms with Gasteiger partial charge in [0.05, 0.1) is 34.9 Å². The molecule has 3 aromatic rings. The van der Waals surface area contributed by atoms with Crippen LogP contribution in [0.15, 0.2) is 72.8 Å². The molecule has 8 nitrogen and oxygen atoms in total. The number of fused-ring (bicyclic) bond motifs is 2. The van der Waals surface area contributed by atoms with Crippen molar-refractivity contribution < 1.29 is 17.9 Å². The molecule has 0 saturated carbocycles. The molecule has 0 radical (unpaired) electrons. The first kappa shape index (κ1) is 30.0. The molecule has 3 N–H and O–H groups in total. The van der Waals surface area contributed by atoms with E-state index in [1.54, 1.807) is 12.1 Å². The normalized spacial score (nSPS) is 20.5. The zero-order chi connectivity index (χ0) is 29.1. The van der Waals surface area contributed by atoms with Crippen LogP contribution in [0.2, 0.25) is 10.0 Å². The van der Waals surface area contributed by atoms with Crippen LogP contribution in [0.4, 0.5) is 5.69 Å². The molecule has 1 spiro atoms. The first-order valence-electron chi connectivity index (χ1n) is 13.6. The fourth-order valence-electron chi connectivity index (χ4n) is 5.92. The standard InChI is InChI=1S/C30H34Cl2N4O4S/c1-41(38,39)36(21-30(14-16-33-17-15-30)24-11-5-6-13-27(24)36)35-29(37)26(20-40-19-22-8-3-2-4-9-22)34-18-23-10-7-12-25(31)28(23)32/h2-13,26,33-34H,14-21H2,1H3/p+1. The second-order valence-electron chi connectivity index (χ2n) is 10.8. The number of ether oxygens (including phenoxy) is 1. The molecule has 5 rings (SSSR count). The molecule has 1 saturated heterocycles. The molecule has 0 aromatic heterocycles. The van der Waals surface area contributed by atoms with E-state index in [0.717, 1.165) is 37.1 Å². The number of nitrogens with zero attached hydrogens (tertiary/aromatic N) is 1. The Hall–Kier alpha value is -2.50. The molecule has 2 aliphatic heterocycles. The predicted molar refractivity (Wildman–Crippen MR) is 163 cm³/mol. The molecular weight excluding hydrogens is 583 g/mol. The van der Waals surface area contributed by atoms with Gasteiger partial charge >= 0.3 is 10.0 Å². The fraction of sp³-hybridized carbons (Fsp3) is 0.367. The number of nitrogens with one attached hydrogen (secondary N) is 3. The number of quaternary nitrogens is 1. The van der Waals surface area contributed by atoms with Crippen LogP contribution in [0.3, 0.4) is 0 Å². The SMILES string of the molecule is CS(=O)(=O)[N+]1(NC(=O)C(COCc2ccccc2)NCc2cccc(Cl)c2Cl)CC2(CCNCC2)c2ccccc21. The Kier molecular flexibility index (Phi) is 9.06. The first-order chi connectivity index (χ1) is 19.7. The zero-order valence-corrected chi connectivity index (χ0v) is 25.2. The molecule has 2 atom stereocenters. The summed E-state index contributed by atoms with van der Waals surface area (Å²) in [7, 11) is -3.85. The van der Waals surface area contributed by atoms with Crippen molar-refractivity contribution in [2.45, 2.75) is 37.5 Å². The van der Waals surface area contributed by atoms with E-state index < -0.39 is 26.0 Å². The van der Waals surface area contributed by atoms with Crippen LogP contribution in [0.25, 0.3) is 0 Å². The highest BCUT2D eigenvalue weighted by molar-refractivity contribution is 7.90. The van der Waals surface area contributed by atoms with Gasteiger partial charge in [0.1, 0.15) is 12.6 Å². The summed E-state index contributed by atoms with van der Waals surface area (Å²) in [5, 5.41) is 7.42. The van der Waals surface area contributed by atoms with Crippen molar-refractivity contribution in [2.24, 2.45) is 0 Å². The lowest BCUT2D eigenvalue weighted by Crippen LogP contribution is -2.68. The summed E-state index contributed by atoms with van der Waals surface area (Å²) in [6.45, 7) is 2.34. The Morgan fingerprint density at radius 3 is 2.46 bits per heavy atom. The van der Waals surface area contributed by atoms with Crippen molar-refractivity contribution >= 4 is 44.8 Å². The Balaban J connectivity index is 1.43. The van der Waals surface area contributed by atoms with Gasteiger partial charge in [0.15, 0.2) is 5.69 Å². The summed E-state index contributed by atoms with van der Waals surface area (Å²) in [6.07, 6.45) is 2.75. The van der Waals surface area contributed by atoms with Gasteiger partial charge in [-0.2, -0.15) is 13.8 Å². The van der Waals surface area contributed by atoms with Gasteiger partial charge in [0, 0.05) is 18.2 Å². The number of amides is 1. The Labute approximate surface area is 251 Å². The molecule has 2 heterocycles. The van der Waals surface area contributed by atoms with Gasteiger partial charge < -0.3 is 10.1 Å². The van der Waals surface area contributed by atoms with Crippen LogP contribution in [0, 0.1) is 0 Å². The van der Waals surface area contributed by atoms with Crippen LogP contribution in [-0.4, -0.2) is 52.9 Å². The van der Waals surface area contributed by atoms with Crippen molar-refractivity contribution in [2.75, 3.05) is 32.5 Å². The Morgan fingerprint density at radius 1 is 1.02 bits per heavy atom. The maximum atomic E-state index is 14.0. The average molecular weight is 619 g/mol. The van der Waals surface area contributed by atoms with Gasteiger partial charge in [-0.1, -0.05) is 87.9 Å². The van der Waals surface area contributed by atoms with Gasteiger partial charge in [-0.3, -0.25) is 10.1 Å². The number of halogens is 2. The number of hydrogen-bond donors (Lipinski definition) is 3. The monoisotopic (exact) mass is 617 g/mol. The number of benzene rings is 3. The van der Waals surface area contributed by atoms with E-state index in [0.29, 0.717) is 27.9 Å². The summed E-state index contributed by atoms with van der Waals surface area (Å²) in [6, 6.07) is 21.6. The summed E-state index contributed by atoms with van der Waals surface area (Å²) in [5.74, 6) is -0.484. The topological polar surface area (TPSA) is 96.5 Å². The quantitative estimate of drug-likeness (QED) is 0.294. The molecule has 1 fully saturated rings. The van der Waals surface area contributed by atoms with E-state index in [4.69, 9.17) is 27.9 Å². The average Bonchev–Trinajstić information content (AvgIpc) is 3.23. The molecular formula is C30H35Cl2N4O4S+. The van der Waals surface area contributed by atoms with E-state index >= 15 is 0 Å². The Morgan fingerprint density at radius 2 is 1.73 bits per heavy atom. The van der Waals surface area contributed by atoms with Crippen LogP contribution in [-0.2, 0) is 38.1 Å². The number of rotatable bonds is 10. The minimum atomic E-state index is -3.85. The number of hydrogen-bond acceptors (Lipinski definition) is 6. The highest BCUT2D eigenvalue weighted by Gasteiger charge is 2.60. The maximum Gasteiger partial charge on any atom is 0.321 e. The van der Waals surface area contributed by atoms with Gasteiger partial charge in [0.25, 0.3) is 5.91 Å². The van der Waals surface area contributed by atoms with Crippen molar-refractivity contribution in [3.05, 3.63) is 99.5 Å². The summed E-state index contributed by atoms with van der Waals surface area (Å²) < 4.78 is 32.6. The minimum Gasteiger partial charge on any atom is -0.375 e. The van der Waals surface area contributed by atoms with Crippen molar-refractivity contribution in [1.82, 2.24) is 20.1 Å². The van der Waals surface area contributed by atoms with Crippen molar-refractivity contribution in [3.63, 3.8) is 0 Å². The van der Waals surface area contributed by atoms with Crippen LogP contribution < -0.4 is 20.1 Å². The lowest BCUT2D eigenvalue weighted by Gasteiger charge is -2.36. The van der Waals surface area contributed by atoms with E-state index in [9.17, 15) is 13.2 Å². The highest BCUT2D eigenvalue weighted by Crippen LogP contribution is 2.50. The second kappa shape index (κ2) is 12.4. The van der Waals surface area contributed by atoms with Crippen LogP contribution in [0.5, 0.6) is 0 Å². The summed E-state index contributed by atoms with van der Waals surface area (Å²) in [5.41, 5.74) is 5.84. The Bertz CT molecular complexity index is 1500. The van der Waals surface area contributed by atoms with Gasteiger partial charge in [-0.15, -0.1) is 0 Å².